The van der Waals surface area contributed by atoms with Gasteiger partial charge in [-0.3, -0.25) is 4.99 Å². The summed E-state index contributed by atoms with van der Waals surface area (Å²) in [6.07, 6.45) is -0.398. The third-order valence-electron chi connectivity index (χ3n) is 2.34. The van der Waals surface area contributed by atoms with E-state index in [-0.39, 0.29) is 6.42 Å². The molecule has 0 saturated carbocycles. The highest BCUT2D eigenvalue weighted by atomic mass is 19.4. The van der Waals surface area contributed by atoms with Crippen molar-refractivity contribution in [3.63, 3.8) is 0 Å². The van der Waals surface area contributed by atoms with Gasteiger partial charge in [0.25, 0.3) is 0 Å². The van der Waals surface area contributed by atoms with Crippen molar-refractivity contribution in [2.45, 2.75) is 44.7 Å². The molecule has 2 nitrogen and oxygen atoms in total. The molecule has 0 saturated heterocycles. The van der Waals surface area contributed by atoms with E-state index in [9.17, 15) is 13.2 Å². The van der Waals surface area contributed by atoms with Crippen molar-refractivity contribution < 1.29 is 13.2 Å². The van der Waals surface area contributed by atoms with Crippen molar-refractivity contribution in [3.8, 4) is 0 Å². The van der Waals surface area contributed by atoms with E-state index in [1.807, 2.05) is 0 Å². The maximum Gasteiger partial charge on any atom is 0.389 e. The Morgan fingerprint density at radius 2 is 2.00 bits per heavy atom. The minimum Gasteiger partial charge on any atom is -0.374 e. The Bertz CT molecular complexity index is 211. The lowest BCUT2D eigenvalue weighted by Gasteiger charge is -2.09. The zero-order chi connectivity index (χ0) is 11.1. The number of hydrogen-bond donors (Lipinski definition) is 1. The first-order chi connectivity index (χ1) is 7.08. The largest absolute Gasteiger partial charge is 0.389 e. The Kier molecular flexibility index (Phi) is 4.91. The van der Waals surface area contributed by atoms with Gasteiger partial charge in [0.1, 0.15) is 0 Å². The maximum atomic E-state index is 11.8. The molecule has 0 amide bonds. The van der Waals surface area contributed by atoms with Crippen LogP contribution in [-0.4, -0.2) is 25.1 Å². The van der Waals surface area contributed by atoms with Crippen molar-refractivity contribution in [2.24, 2.45) is 4.99 Å². The fraction of sp³-hybridized carbons (Fsp3) is 0.900. The van der Waals surface area contributed by atoms with Crippen LogP contribution < -0.4 is 5.32 Å². The predicted molar refractivity (Wildman–Crippen MR) is 54.1 cm³/mol. The molecule has 5 heteroatoms. The molecule has 0 radical (unpaired) electrons. The van der Waals surface area contributed by atoms with Gasteiger partial charge in [-0.2, -0.15) is 13.2 Å². The summed E-state index contributed by atoms with van der Waals surface area (Å²) in [6.45, 7) is 1.18. The van der Waals surface area contributed by atoms with Crippen LogP contribution in [0.5, 0.6) is 0 Å². The van der Waals surface area contributed by atoms with Crippen LogP contribution in [0.4, 0.5) is 13.2 Å². The summed E-state index contributed by atoms with van der Waals surface area (Å²) in [5.74, 6) is 0.884. The standard InChI is InChI=1S/C10H17F3N2/c11-10(12,13)6-4-8-15-9-5-2-1-3-7-14-9/h1-8H2,(H,14,15). The van der Waals surface area contributed by atoms with Gasteiger partial charge in [0.05, 0.1) is 5.84 Å². The van der Waals surface area contributed by atoms with Crippen molar-refractivity contribution in [2.75, 3.05) is 13.1 Å². The fourth-order valence-electron chi connectivity index (χ4n) is 1.54. The Labute approximate surface area is 88.0 Å². The number of hydrogen-bond acceptors (Lipinski definition) is 2. The third-order valence-corrected chi connectivity index (χ3v) is 2.34. The van der Waals surface area contributed by atoms with Crippen LogP contribution in [0, 0.1) is 0 Å². The molecular weight excluding hydrogens is 205 g/mol. The van der Waals surface area contributed by atoms with Crippen LogP contribution in [-0.2, 0) is 0 Å². The second-order valence-corrected chi connectivity index (χ2v) is 3.78. The highest BCUT2D eigenvalue weighted by molar-refractivity contribution is 5.82. The van der Waals surface area contributed by atoms with E-state index < -0.39 is 12.6 Å². The van der Waals surface area contributed by atoms with E-state index in [1.165, 1.54) is 0 Å². The lowest BCUT2D eigenvalue weighted by molar-refractivity contribution is -0.135. The molecule has 1 heterocycles. The van der Waals surface area contributed by atoms with E-state index in [4.69, 9.17) is 0 Å². The molecule has 0 aliphatic carbocycles. The average Bonchev–Trinajstić information content (AvgIpc) is 2.39. The van der Waals surface area contributed by atoms with Gasteiger partial charge in [-0.05, 0) is 19.3 Å². The molecule has 1 rings (SSSR count). The molecule has 0 atom stereocenters. The number of rotatable bonds is 3. The Morgan fingerprint density at radius 1 is 1.20 bits per heavy atom. The zero-order valence-electron chi connectivity index (χ0n) is 8.74. The molecular formula is C10H17F3N2. The van der Waals surface area contributed by atoms with Crippen molar-refractivity contribution in [3.05, 3.63) is 0 Å². The van der Waals surface area contributed by atoms with Gasteiger partial charge in [0.15, 0.2) is 0 Å². The first-order valence-corrected chi connectivity index (χ1v) is 5.42. The van der Waals surface area contributed by atoms with Gasteiger partial charge < -0.3 is 5.32 Å². The Morgan fingerprint density at radius 3 is 2.73 bits per heavy atom. The van der Waals surface area contributed by atoms with Gasteiger partial charge in [-0.1, -0.05) is 6.42 Å². The lowest BCUT2D eigenvalue weighted by atomic mass is 10.2. The van der Waals surface area contributed by atoms with Gasteiger partial charge in [0, 0.05) is 25.9 Å². The second kappa shape index (κ2) is 5.98. The number of alkyl halides is 3. The monoisotopic (exact) mass is 222 g/mol. The van der Waals surface area contributed by atoms with E-state index in [1.54, 1.807) is 0 Å². The summed E-state index contributed by atoms with van der Waals surface area (Å²) < 4.78 is 35.5. The minimum atomic E-state index is -4.03. The summed E-state index contributed by atoms with van der Waals surface area (Å²) in [4.78, 5) is 4.28. The van der Waals surface area contributed by atoms with Gasteiger partial charge in [-0.15, -0.1) is 0 Å². The van der Waals surface area contributed by atoms with Gasteiger partial charge >= 0.3 is 6.18 Å². The second-order valence-electron chi connectivity index (χ2n) is 3.78. The molecule has 1 aliphatic heterocycles. The molecule has 0 unspecified atom stereocenters. The summed E-state index contributed by atoms with van der Waals surface area (Å²) in [7, 11) is 0. The molecule has 0 bridgehead atoms. The van der Waals surface area contributed by atoms with E-state index in [0.29, 0.717) is 6.54 Å². The zero-order valence-corrected chi connectivity index (χ0v) is 8.74. The molecule has 1 aliphatic rings. The summed E-state index contributed by atoms with van der Waals surface area (Å²) in [5, 5.41) is 2.98. The predicted octanol–water partition coefficient (Wildman–Crippen LogP) is 2.89. The Hall–Kier alpha value is -0.740. The summed E-state index contributed by atoms with van der Waals surface area (Å²) in [5.41, 5.74) is 0. The van der Waals surface area contributed by atoms with Crippen molar-refractivity contribution >= 4 is 5.84 Å². The number of halogens is 3. The topological polar surface area (TPSA) is 24.4 Å². The highest BCUT2D eigenvalue weighted by Crippen LogP contribution is 2.20. The number of amidine groups is 1. The number of nitrogens with one attached hydrogen (secondary N) is 1. The number of aliphatic imine (C=N–C) groups is 1. The molecule has 0 aromatic heterocycles. The molecule has 0 fully saturated rings. The quantitative estimate of drug-likeness (QED) is 0.729. The van der Waals surface area contributed by atoms with Crippen molar-refractivity contribution in [1.82, 2.24) is 5.32 Å². The van der Waals surface area contributed by atoms with Crippen LogP contribution in [0.15, 0.2) is 4.99 Å². The highest BCUT2D eigenvalue weighted by Gasteiger charge is 2.25. The molecule has 0 spiro atoms. The van der Waals surface area contributed by atoms with Crippen molar-refractivity contribution in [1.29, 1.82) is 0 Å². The lowest BCUT2D eigenvalue weighted by Crippen LogP contribution is -2.25. The molecule has 15 heavy (non-hydrogen) atoms. The van der Waals surface area contributed by atoms with E-state index in [0.717, 1.165) is 38.1 Å². The van der Waals surface area contributed by atoms with Crippen LogP contribution >= 0.6 is 0 Å². The number of nitrogens with zero attached hydrogens (tertiary/aromatic N) is 1. The average molecular weight is 222 g/mol. The molecule has 1 N–H and O–H groups in total. The minimum absolute atomic E-state index is 0.127. The fourth-order valence-corrected chi connectivity index (χ4v) is 1.54. The molecule has 88 valence electrons. The van der Waals surface area contributed by atoms with Crippen LogP contribution in [0.2, 0.25) is 0 Å². The summed E-state index contributed by atoms with van der Waals surface area (Å²) in [6, 6.07) is 0. The first-order valence-electron chi connectivity index (χ1n) is 5.42. The van der Waals surface area contributed by atoms with E-state index >= 15 is 0 Å². The molecule has 0 aromatic carbocycles. The van der Waals surface area contributed by atoms with Crippen LogP contribution in [0.3, 0.4) is 0 Å². The molecule has 0 aromatic rings. The smallest absolute Gasteiger partial charge is 0.374 e. The van der Waals surface area contributed by atoms with Gasteiger partial charge in [0.2, 0.25) is 0 Å². The normalized spacial score (nSPS) is 18.2. The van der Waals surface area contributed by atoms with Crippen LogP contribution in [0.1, 0.15) is 38.5 Å². The third kappa shape index (κ3) is 6.36. The summed E-state index contributed by atoms with van der Waals surface area (Å²) >= 11 is 0. The maximum absolute atomic E-state index is 11.8. The first kappa shape index (κ1) is 12.3. The van der Waals surface area contributed by atoms with Gasteiger partial charge in [-0.25, -0.2) is 0 Å². The van der Waals surface area contributed by atoms with E-state index in [2.05, 4.69) is 10.3 Å². The SMILES string of the molecule is FC(F)(F)CCCNC1=NCCCCC1. The Balaban J connectivity index is 2.11. The van der Waals surface area contributed by atoms with Crippen LogP contribution in [0.25, 0.3) is 0 Å².